The van der Waals surface area contributed by atoms with Gasteiger partial charge in [0.15, 0.2) is 4.96 Å². The maximum atomic E-state index is 12.2. The Hall–Kier alpha value is -1.69. The summed E-state index contributed by atoms with van der Waals surface area (Å²) in [7, 11) is 0. The van der Waals surface area contributed by atoms with Crippen LogP contribution in [0.3, 0.4) is 0 Å². The number of aryl methyl sites for hydroxylation is 1. The maximum absolute atomic E-state index is 12.2. The molecule has 1 amide bonds. The summed E-state index contributed by atoms with van der Waals surface area (Å²) in [6.07, 6.45) is 4.46. The number of rotatable bonds is 5. The number of nitrogens with one attached hydrogen (secondary N) is 1. The van der Waals surface area contributed by atoms with E-state index in [0.717, 1.165) is 25.0 Å². The van der Waals surface area contributed by atoms with Crippen LogP contribution in [0.15, 0.2) is 16.4 Å². The van der Waals surface area contributed by atoms with Gasteiger partial charge in [0.2, 0.25) is 0 Å². The lowest BCUT2D eigenvalue weighted by atomic mass is 10.2. The highest BCUT2D eigenvalue weighted by Gasteiger charge is 2.14. The molecule has 2 aromatic rings. The predicted octanol–water partition coefficient (Wildman–Crippen LogP) is 1.98. The van der Waals surface area contributed by atoms with Crippen LogP contribution in [-0.4, -0.2) is 21.8 Å². The quantitative estimate of drug-likeness (QED) is 0.851. The molecule has 19 heavy (non-hydrogen) atoms. The van der Waals surface area contributed by atoms with Crippen molar-refractivity contribution in [2.24, 2.45) is 0 Å². The molecule has 0 saturated heterocycles. The number of hydrogen-bond donors (Lipinski definition) is 1. The molecule has 2 heterocycles. The Morgan fingerprint density at radius 2 is 2.26 bits per heavy atom. The van der Waals surface area contributed by atoms with E-state index in [1.165, 1.54) is 21.9 Å². The Labute approximate surface area is 115 Å². The SMILES string of the molecule is CCCCCNC(=O)c1cnc2scc(C)n2c1=O. The van der Waals surface area contributed by atoms with Crippen LogP contribution in [-0.2, 0) is 0 Å². The minimum atomic E-state index is -0.339. The van der Waals surface area contributed by atoms with Crippen LogP contribution >= 0.6 is 11.3 Å². The lowest BCUT2D eigenvalue weighted by Crippen LogP contribution is -2.32. The smallest absolute Gasteiger partial charge is 0.271 e. The highest BCUT2D eigenvalue weighted by Crippen LogP contribution is 2.10. The van der Waals surface area contributed by atoms with E-state index in [0.29, 0.717) is 11.5 Å². The third kappa shape index (κ3) is 2.84. The normalized spacial score (nSPS) is 10.8. The van der Waals surface area contributed by atoms with E-state index in [2.05, 4.69) is 17.2 Å². The summed E-state index contributed by atoms with van der Waals surface area (Å²) in [6.45, 7) is 4.53. The van der Waals surface area contributed by atoms with Gasteiger partial charge in [0.1, 0.15) is 5.56 Å². The molecule has 0 aliphatic heterocycles. The van der Waals surface area contributed by atoms with Gasteiger partial charge in [-0.15, -0.1) is 11.3 Å². The molecule has 0 saturated carbocycles. The standard InChI is InChI=1S/C13H17N3O2S/c1-3-4-5-6-14-11(17)10-7-15-13-16(12(10)18)9(2)8-19-13/h7-8H,3-6H2,1-2H3,(H,14,17). The molecule has 0 aliphatic rings. The Balaban J connectivity index is 2.20. The van der Waals surface area contributed by atoms with Crippen LogP contribution in [0.25, 0.3) is 4.96 Å². The van der Waals surface area contributed by atoms with Crippen molar-refractivity contribution in [2.75, 3.05) is 6.54 Å². The highest BCUT2D eigenvalue weighted by atomic mass is 32.1. The zero-order valence-electron chi connectivity index (χ0n) is 11.1. The number of carbonyl (C=O) groups is 1. The maximum Gasteiger partial charge on any atom is 0.271 e. The van der Waals surface area contributed by atoms with Crippen LogP contribution in [0.1, 0.15) is 42.2 Å². The minimum absolute atomic E-state index is 0.107. The van der Waals surface area contributed by atoms with Gasteiger partial charge < -0.3 is 5.32 Å². The van der Waals surface area contributed by atoms with E-state index in [1.807, 2.05) is 12.3 Å². The fourth-order valence-corrected chi connectivity index (χ4v) is 2.68. The van der Waals surface area contributed by atoms with Crippen molar-refractivity contribution in [1.82, 2.24) is 14.7 Å². The molecule has 1 N–H and O–H groups in total. The van der Waals surface area contributed by atoms with Gasteiger partial charge in [-0.2, -0.15) is 0 Å². The van der Waals surface area contributed by atoms with Crippen LogP contribution in [0, 0.1) is 6.92 Å². The van der Waals surface area contributed by atoms with Crippen molar-refractivity contribution in [3.63, 3.8) is 0 Å². The average molecular weight is 279 g/mol. The molecule has 0 unspecified atom stereocenters. The van der Waals surface area contributed by atoms with Crippen molar-refractivity contribution in [1.29, 1.82) is 0 Å². The fourth-order valence-electron chi connectivity index (χ4n) is 1.85. The van der Waals surface area contributed by atoms with Crippen LogP contribution in [0.4, 0.5) is 0 Å². The molecule has 0 aromatic carbocycles. The number of nitrogens with zero attached hydrogens (tertiary/aromatic N) is 2. The molecule has 5 nitrogen and oxygen atoms in total. The Kier molecular flexibility index (Phi) is 4.31. The van der Waals surface area contributed by atoms with E-state index in [9.17, 15) is 9.59 Å². The van der Waals surface area contributed by atoms with Gasteiger partial charge in [-0.1, -0.05) is 19.8 Å². The van der Waals surface area contributed by atoms with Crippen LogP contribution in [0.2, 0.25) is 0 Å². The van der Waals surface area contributed by atoms with Gasteiger partial charge >= 0.3 is 0 Å². The molecule has 2 rings (SSSR count). The predicted molar refractivity (Wildman–Crippen MR) is 75.9 cm³/mol. The first-order valence-corrected chi connectivity index (χ1v) is 7.27. The largest absolute Gasteiger partial charge is 0.352 e. The molecule has 0 aliphatic carbocycles. The molecule has 0 bridgehead atoms. The van der Waals surface area contributed by atoms with Crippen molar-refractivity contribution >= 4 is 22.2 Å². The Bertz CT molecular complexity index is 645. The first-order chi connectivity index (χ1) is 9.15. The van der Waals surface area contributed by atoms with Gasteiger partial charge in [0.25, 0.3) is 11.5 Å². The number of unbranched alkanes of at least 4 members (excludes halogenated alkanes) is 2. The van der Waals surface area contributed by atoms with Crippen molar-refractivity contribution < 1.29 is 4.79 Å². The summed E-state index contributed by atoms with van der Waals surface area (Å²) >= 11 is 1.39. The molecule has 2 aromatic heterocycles. The lowest BCUT2D eigenvalue weighted by Gasteiger charge is -2.04. The summed E-state index contributed by atoms with van der Waals surface area (Å²) in [5.74, 6) is -0.339. The molecule has 0 fully saturated rings. The van der Waals surface area contributed by atoms with Crippen LogP contribution < -0.4 is 10.9 Å². The van der Waals surface area contributed by atoms with E-state index in [1.54, 1.807) is 0 Å². The molecule has 102 valence electrons. The van der Waals surface area contributed by atoms with Crippen molar-refractivity contribution in [3.8, 4) is 0 Å². The molecule has 6 heteroatoms. The second kappa shape index (κ2) is 5.97. The van der Waals surface area contributed by atoms with E-state index in [-0.39, 0.29) is 17.0 Å². The number of amides is 1. The van der Waals surface area contributed by atoms with Gasteiger partial charge in [-0.05, 0) is 13.3 Å². The third-order valence-electron chi connectivity index (χ3n) is 2.93. The minimum Gasteiger partial charge on any atom is -0.352 e. The van der Waals surface area contributed by atoms with Gasteiger partial charge in [0.05, 0.1) is 0 Å². The summed E-state index contributed by atoms with van der Waals surface area (Å²) in [5, 5.41) is 4.62. The topological polar surface area (TPSA) is 63.5 Å². The number of hydrogen-bond acceptors (Lipinski definition) is 4. The van der Waals surface area contributed by atoms with Gasteiger partial charge in [-0.25, -0.2) is 4.98 Å². The number of carbonyl (C=O) groups excluding carboxylic acids is 1. The molecule has 0 spiro atoms. The second-order valence-electron chi connectivity index (χ2n) is 4.44. The van der Waals surface area contributed by atoms with E-state index < -0.39 is 0 Å². The van der Waals surface area contributed by atoms with Gasteiger partial charge in [0, 0.05) is 23.8 Å². The Morgan fingerprint density at radius 1 is 1.47 bits per heavy atom. The number of aromatic nitrogens is 2. The first-order valence-electron chi connectivity index (χ1n) is 6.39. The monoisotopic (exact) mass is 279 g/mol. The molecular weight excluding hydrogens is 262 g/mol. The lowest BCUT2D eigenvalue weighted by molar-refractivity contribution is 0.0951. The zero-order chi connectivity index (χ0) is 13.8. The summed E-state index contributed by atoms with van der Waals surface area (Å²) in [4.78, 5) is 28.9. The average Bonchev–Trinajstić information content (AvgIpc) is 2.77. The van der Waals surface area contributed by atoms with Gasteiger partial charge in [-0.3, -0.25) is 14.0 Å². The first kappa shape index (κ1) is 13.7. The zero-order valence-corrected chi connectivity index (χ0v) is 11.9. The molecule has 0 atom stereocenters. The summed E-state index contributed by atoms with van der Waals surface area (Å²) in [5.41, 5.74) is 0.616. The number of thiazole rings is 1. The van der Waals surface area contributed by atoms with Crippen LogP contribution in [0.5, 0.6) is 0 Å². The van der Waals surface area contributed by atoms with Crippen molar-refractivity contribution in [2.45, 2.75) is 33.1 Å². The van der Waals surface area contributed by atoms with E-state index >= 15 is 0 Å². The summed E-state index contributed by atoms with van der Waals surface area (Å²) in [6, 6.07) is 0. The van der Waals surface area contributed by atoms with E-state index in [4.69, 9.17) is 0 Å². The highest BCUT2D eigenvalue weighted by molar-refractivity contribution is 7.15. The second-order valence-corrected chi connectivity index (χ2v) is 5.27. The molecule has 0 radical (unpaired) electrons. The summed E-state index contributed by atoms with van der Waals surface area (Å²) < 4.78 is 1.48. The van der Waals surface area contributed by atoms with Crippen molar-refractivity contribution in [3.05, 3.63) is 33.2 Å². The Morgan fingerprint density at radius 3 is 3.00 bits per heavy atom. The third-order valence-corrected chi connectivity index (χ3v) is 3.88. The number of fused-ring (bicyclic) bond motifs is 1. The fraction of sp³-hybridized carbons (Fsp3) is 0.462. The molecular formula is C13H17N3O2S.